The van der Waals surface area contributed by atoms with E-state index in [9.17, 15) is 4.79 Å². The van der Waals surface area contributed by atoms with Crippen LogP contribution in [-0.4, -0.2) is 17.4 Å². The van der Waals surface area contributed by atoms with E-state index in [1.165, 1.54) is 25.7 Å². The summed E-state index contributed by atoms with van der Waals surface area (Å²) in [5.74, 6) is 2.48. The zero-order chi connectivity index (χ0) is 14.0. The van der Waals surface area contributed by atoms with Crippen LogP contribution in [0, 0.1) is 23.2 Å². The number of hydrogen-bond donors (Lipinski definition) is 2. The number of nitrogens with two attached hydrogens (primary N) is 1. The van der Waals surface area contributed by atoms with Crippen LogP contribution in [0.5, 0.6) is 0 Å². The van der Waals surface area contributed by atoms with Crippen LogP contribution in [0.1, 0.15) is 52.4 Å². The van der Waals surface area contributed by atoms with Crippen molar-refractivity contribution in [1.82, 2.24) is 5.32 Å². The van der Waals surface area contributed by atoms with E-state index >= 15 is 0 Å². The van der Waals surface area contributed by atoms with E-state index in [1.807, 2.05) is 13.8 Å². The van der Waals surface area contributed by atoms with Crippen LogP contribution >= 0.6 is 12.2 Å². The third-order valence-corrected chi connectivity index (χ3v) is 5.91. The topological polar surface area (TPSA) is 55.1 Å². The van der Waals surface area contributed by atoms with Gasteiger partial charge >= 0.3 is 0 Å². The average Bonchev–Trinajstić information content (AvgIpc) is 3.00. The zero-order valence-electron chi connectivity index (χ0n) is 12.1. The summed E-state index contributed by atoms with van der Waals surface area (Å²) >= 11 is 5.12. The third-order valence-electron chi connectivity index (χ3n) is 5.52. The highest BCUT2D eigenvalue weighted by Crippen LogP contribution is 2.48. The fourth-order valence-electron chi connectivity index (χ4n) is 4.05. The van der Waals surface area contributed by atoms with Gasteiger partial charge in [-0.3, -0.25) is 4.79 Å². The minimum atomic E-state index is -0.646. The van der Waals surface area contributed by atoms with Gasteiger partial charge < -0.3 is 11.1 Å². The highest BCUT2D eigenvalue weighted by molar-refractivity contribution is 7.80. The molecule has 2 bridgehead atoms. The van der Waals surface area contributed by atoms with Crippen molar-refractivity contribution in [2.24, 2.45) is 28.9 Å². The molecule has 3 N–H and O–H groups in total. The maximum absolute atomic E-state index is 12.5. The van der Waals surface area contributed by atoms with Gasteiger partial charge in [-0.2, -0.15) is 0 Å². The fraction of sp³-hybridized carbons (Fsp3) is 0.867. The molecule has 2 saturated carbocycles. The largest absolute Gasteiger partial charge is 0.392 e. The molecular weight excluding hydrogens is 256 g/mol. The smallest absolute Gasteiger partial charge is 0.233 e. The van der Waals surface area contributed by atoms with Crippen molar-refractivity contribution in [3.8, 4) is 0 Å². The second-order valence-corrected chi connectivity index (χ2v) is 6.74. The van der Waals surface area contributed by atoms with Gasteiger partial charge in [0.15, 0.2) is 0 Å². The molecule has 108 valence electrons. The fourth-order valence-corrected chi connectivity index (χ4v) is 4.43. The van der Waals surface area contributed by atoms with Gasteiger partial charge in [-0.05, 0) is 49.9 Å². The van der Waals surface area contributed by atoms with Gasteiger partial charge in [0.05, 0.1) is 10.4 Å². The van der Waals surface area contributed by atoms with Gasteiger partial charge in [-0.25, -0.2) is 0 Å². The lowest BCUT2D eigenvalue weighted by atomic mass is 9.81. The molecule has 0 aromatic rings. The van der Waals surface area contributed by atoms with Crippen LogP contribution in [-0.2, 0) is 4.79 Å². The normalized spacial score (nSPS) is 29.5. The van der Waals surface area contributed by atoms with Crippen LogP contribution in [0.2, 0.25) is 0 Å². The van der Waals surface area contributed by atoms with E-state index in [1.54, 1.807) is 0 Å². The molecule has 0 spiro atoms. The zero-order valence-corrected chi connectivity index (χ0v) is 12.9. The van der Waals surface area contributed by atoms with E-state index in [0.29, 0.717) is 23.7 Å². The molecule has 3 nitrogen and oxygen atoms in total. The molecule has 0 aromatic heterocycles. The van der Waals surface area contributed by atoms with Crippen LogP contribution in [0.15, 0.2) is 0 Å². The molecule has 19 heavy (non-hydrogen) atoms. The maximum atomic E-state index is 12.5. The molecule has 1 amide bonds. The number of amides is 1. The minimum Gasteiger partial charge on any atom is -0.392 e. The van der Waals surface area contributed by atoms with Crippen LogP contribution in [0.25, 0.3) is 0 Å². The summed E-state index contributed by atoms with van der Waals surface area (Å²) in [5.41, 5.74) is 5.16. The monoisotopic (exact) mass is 282 g/mol. The van der Waals surface area contributed by atoms with Crippen molar-refractivity contribution in [3.63, 3.8) is 0 Å². The Morgan fingerprint density at radius 1 is 1.32 bits per heavy atom. The Morgan fingerprint density at radius 3 is 2.42 bits per heavy atom. The van der Waals surface area contributed by atoms with Gasteiger partial charge in [0.25, 0.3) is 0 Å². The summed E-state index contributed by atoms with van der Waals surface area (Å²) in [6, 6.07) is 0. The van der Waals surface area contributed by atoms with E-state index in [4.69, 9.17) is 18.0 Å². The number of carbonyl (C=O) groups is 1. The molecule has 3 atom stereocenters. The van der Waals surface area contributed by atoms with Gasteiger partial charge in [-0.1, -0.05) is 32.5 Å². The summed E-state index contributed by atoms with van der Waals surface area (Å²) in [7, 11) is 0. The van der Waals surface area contributed by atoms with E-state index in [2.05, 4.69) is 5.32 Å². The van der Waals surface area contributed by atoms with Crippen molar-refractivity contribution in [1.29, 1.82) is 0 Å². The predicted octanol–water partition coefficient (Wildman–Crippen LogP) is 2.63. The quantitative estimate of drug-likeness (QED) is 0.736. The molecule has 0 saturated heterocycles. The molecule has 3 unspecified atom stereocenters. The Balaban J connectivity index is 1.91. The van der Waals surface area contributed by atoms with E-state index in [0.717, 1.165) is 18.4 Å². The number of nitrogens with one attached hydrogen (secondary N) is 1. The van der Waals surface area contributed by atoms with Gasteiger partial charge in [-0.15, -0.1) is 0 Å². The average molecular weight is 282 g/mol. The molecule has 0 aromatic carbocycles. The highest BCUT2D eigenvalue weighted by Gasteiger charge is 2.41. The third kappa shape index (κ3) is 2.64. The van der Waals surface area contributed by atoms with Crippen molar-refractivity contribution < 1.29 is 4.79 Å². The lowest BCUT2D eigenvalue weighted by Crippen LogP contribution is -2.49. The van der Waals surface area contributed by atoms with Crippen LogP contribution in [0.3, 0.4) is 0 Å². The molecule has 0 aliphatic heterocycles. The Bertz CT molecular complexity index is 365. The summed E-state index contributed by atoms with van der Waals surface area (Å²) in [6.07, 6.45) is 6.79. The molecular formula is C15H26N2OS. The lowest BCUT2D eigenvalue weighted by Gasteiger charge is -2.30. The van der Waals surface area contributed by atoms with Gasteiger partial charge in [0.2, 0.25) is 5.91 Å². The Kier molecular flexibility index (Phi) is 4.49. The van der Waals surface area contributed by atoms with Crippen LogP contribution < -0.4 is 11.1 Å². The molecule has 2 rings (SSSR count). The first-order valence-corrected chi connectivity index (χ1v) is 8.02. The number of thiocarbonyl (C=S) groups is 1. The first-order valence-electron chi connectivity index (χ1n) is 7.61. The number of fused-ring (bicyclic) bond motifs is 2. The predicted molar refractivity (Wildman–Crippen MR) is 81.7 cm³/mol. The van der Waals surface area contributed by atoms with Crippen molar-refractivity contribution in [2.45, 2.75) is 52.4 Å². The second-order valence-electron chi connectivity index (χ2n) is 6.30. The Labute approximate surface area is 121 Å². The first-order chi connectivity index (χ1) is 9.03. The molecule has 4 heteroatoms. The SMILES string of the molecule is CCC(CC)(C(=O)NCC1CC2CCC1C2)C(N)=S. The summed E-state index contributed by atoms with van der Waals surface area (Å²) in [4.78, 5) is 12.8. The van der Waals surface area contributed by atoms with Gasteiger partial charge in [0, 0.05) is 6.54 Å². The molecule has 2 fully saturated rings. The van der Waals surface area contributed by atoms with E-state index < -0.39 is 5.41 Å². The number of carbonyl (C=O) groups excluding carboxylic acids is 1. The summed E-state index contributed by atoms with van der Waals surface area (Å²) < 4.78 is 0. The summed E-state index contributed by atoms with van der Waals surface area (Å²) in [6.45, 7) is 4.78. The highest BCUT2D eigenvalue weighted by atomic mass is 32.1. The molecule has 2 aliphatic rings. The van der Waals surface area contributed by atoms with Gasteiger partial charge in [0.1, 0.15) is 0 Å². The minimum absolute atomic E-state index is 0.0350. The molecule has 2 aliphatic carbocycles. The van der Waals surface area contributed by atoms with Crippen molar-refractivity contribution >= 4 is 23.1 Å². The molecule has 0 radical (unpaired) electrons. The summed E-state index contributed by atoms with van der Waals surface area (Å²) in [5, 5.41) is 3.13. The molecule has 0 heterocycles. The first kappa shape index (κ1) is 14.8. The Morgan fingerprint density at radius 2 is 2.00 bits per heavy atom. The standard InChI is InChI=1S/C15H26N2OS/c1-3-15(4-2,13(16)19)14(18)17-9-12-8-10-5-6-11(12)7-10/h10-12H,3-9H2,1-2H3,(H2,16,19)(H,17,18). The number of hydrogen-bond acceptors (Lipinski definition) is 2. The lowest BCUT2D eigenvalue weighted by molar-refractivity contribution is -0.128. The number of rotatable bonds is 6. The Hall–Kier alpha value is -0.640. The van der Waals surface area contributed by atoms with Crippen molar-refractivity contribution in [2.75, 3.05) is 6.54 Å². The van der Waals surface area contributed by atoms with E-state index in [-0.39, 0.29) is 5.91 Å². The maximum Gasteiger partial charge on any atom is 0.233 e. The van der Waals surface area contributed by atoms with Crippen LogP contribution in [0.4, 0.5) is 0 Å². The second kappa shape index (κ2) is 5.78. The van der Waals surface area contributed by atoms with Crippen molar-refractivity contribution in [3.05, 3.63) is 0 Å².